The first-order valence-corrected chi connectivity index (χ1v) is 6.18. The van der Waals surface area contributed by atoms with Gasteiger partial charge in [-0.3, -0.25) is 0 Å². The van der Waals surface area contributed by atoms with Gasteiger partial charge in [-0.15, -0.1) is 0 Å². The van der Waals surface area contributed by atoms with Crippen molar-refractivity contribution in [2.45, 2.75) is 24.9 Å². The van der Waals surface area contributed by atoms with Crippen molar-refractivity contribution in [3.8, 4) is 6.07 Å². The summed E-state index contributed by atoms with van der Waals surface area (Å²) in [6, 6.07) is 9.54. The Labute approximate surface area is 110 Å². The van der Waals surface area contributed by atoms with Crippen molar-refractivity contribution < 1.29 is 14.9 Å². The first-order valence-electron chi connectivity index (χ1n) is 6.18. The number of aliphatic hydroxyl groups excluding tert-OH is 2. The molecule has 19 heavy (non-hydrogen) atoms. The lowest BCUT2D eigenvalue weighted by atomic mass is 10.1. The number of fused-ring (bicyclic) bond motifs is 1. The minimum Gasteiger partial charge on any atom is -0.394 e. The lowest BCUT2D eigenvalue weighted by Gasteiger charge is -2.15. The number of benzene rings is 1. The van der Waals surface area contributed by atoms with E-state index in [1.54, 1.807) is 6.07 Å². The monoisotopic (exact) mass is 258 g/mol. The van der Waals surface area contributed by atoms with Gasteiger partial charge in [0.2, 0.25) is 0 Å². The molecule has 2 aromatic rings. The van der Waals surface area contributed by atoms with Gasteiger partial charge in [0, 0.05) is 18.0 Å². The molecule has 0 unspecified atom stereocenters. The smallest absolute Gasteiger partial charge is 0.137 e. The minimum atomic E-state index is -0.661. The van der Waals surface area contributed by atoms with Crippen molar-refractivity contribution in [3.63, 3.8) is 0 Å². The molecule has 3 rings (SSSR count). The maximum absolute atomic E-state index is 9.78. The molecule has 1 fully saturated rings. The molecule has 0 amide bonds. The molecule has 2 N–H and O–H groups in total. The molecule has 1 aliphatic rings. The summed E-state index contributed by atoms with van der Waals surface area (Å²) in [5.74, 6) is 0. The maximum Gasteiger partial charge on any atom is 0.137 e. The summed E-state index contributed by atoms with van der Waals surface area (Å²) in [6.45, 7) is -0.194. The number of aromatic nitrogens is 1. The standard InChI is InChI=1S/C14H14N2O3/c15-7-9-2-1-3-11-10(9)4-5-16(11)14-6-12(18)13(8-17)19-14/h1-5,12-14,17-18H,6,8H2/t12-,13+,14+/m0/s1. The second kappa shape index (κ2) is 4.67. The van der Waals surface area contributed by atoms with Gasteiger partial charge in [0.1, 0.15) is 12.3 Å². The molecule has 5 nitrogen and oxygen atoms in total. The normalized spacial score (nSPS) is 26.7. The Morgan fingerprint density at radius 1 is 1.42 bits per heavy atom. The summed E-state index contributed by atoms with van der Waals surface area (Å²) >= 11 is 0. The van der Waals surface area contributed by atoms with Crippen LogP contribution in [0, 0.1) is 11.3 Å². The third kappa shape index (κ3) is 1.90. The highest BCUT2D eigenvalue weighted by Gasteiger charge is 2.34. The molecular weight excluding hydrogens is 244 g/mol. The Balaban J connectivity index is 2.01. The Morgan fingerprint density at radius 2 is 2.26 bits per heavy atom. The van der Waals surface area contributed by atoms with Crippen LogP contribution in [-0.2, 0) is 4.74 Å². The van der Waals surface area contributed by atoms with Crippen molar-refractivity contribution in [2.75, 3.05) is 6.61 Å². The third-order valence-electron chi connectivity index (χ3n) is 3.58. The maximum atomic E-state index is 9.78. The molecule has 0 bridgehead atoms. The summed E-state index contributed by atoms with van der Waals surface area (Å²) in [5.41, 5.74) is 1.52. The zero-order valence-electron chi connectivity index (χ0n) is 10.2. The first-order chi connectivity index (χ1) is 9.24. The van der Waals surface area contributed by atoms with E-state index >= 15 is 0 Å². The lowest BCUT2D eigenvalue weighted by molar-refractivity contribution is -0.0428. The van der Waals surface area contributed by atoms with Crippen LogP contribution in [0.2, 0.25) is 0 Å². The number of nitrogens with zero attached hydrogens (tertiary/aromatic N) is 2. The second-order valence-corrected chi connectivity index (χ2v) is 4.69. The molecule has 5 heteroatoms. The Kier molecular flexibility index (Phi) is 2.99. The fraction of sp³-hybridized carbons (Fsp3) is 0.357. The summed E-state index contributed by atoms with van der Waals surface area (Å²) in [7, 11) is 0. The van der Waals surface area contributed by atoms with E-state index in [4.69, 9.17) is 15.1 Å². The summed E-state index contributed by atoms with van der Waals surface area (Å²) in [6.07, 6.45) is 0.779. The van der Waals surface area contributed by atoms with Gasteiger partial charge in [-0.1, -0.05) is 6.07 Å². The van der Waals surface area contributed by atoms with Crippen LogP contribution in [0.1, 0.15) is 18.2 Å². The predicted octanol–water partition coefficient (Wildman–Crippen LogP) is 1.15. The zero-order chi connectivity index (χ0) is 13.4. The van der Waals surface area contributed by atoms with Crippen LogP contribution in [0.4, 0.5) is 0 Å². The molecule has 2 heterocycles. The van der Waals surface area contributed by atoms with Gasteiger partial charge in [-0.2, -0.15) is 5.26 Å². The highest BCUT2D eigenvalue weighted by atomic mass is 16.5. The van der Waals surface area contributed by atoms with Crippen LogP contribution in [0.3, 0.4) is 0 Å². The van der Waals surface area contributed by atoms with Crippen molar-refractivity contribution in [1.82, 2.24) is 4.57 Å². The molecule has 1 aliphatic heterocycles. The molecule has 1 aromatic heterocycles. The van der Waals surface area contributed by atoms with Crippen LogP contribution >= 0.6 is 0 Å². The first kappa shape index (κ1) is 12.2. The van der Waals surface area contributed by atoms with E-state index in [0.29, 0.717) is 12.0 Å². The predicted molar refractivity (Wildman–Crippen MR) is 68.3 cm³/mol. The Morgan fingerprint density at radius 3 is 2.95 bits per heavy atom. The molecule has 0 radical (unpaired) electrons. The number of hydrogen-bond acceptors (Lipinski definition) is 4. The average molecular weight is 258 g/mol. The fourth-order valence-electron chi connectivity index (χ4n) is 2.59. The number of rotatable bonds is 2. The van der Waals surface area contributed by atoms with E-state index in [1.807, 2.05) is 29.0 Å². The summed E-state index contributed by atoms with van der Waals surface area (Å²) < 4.78 is 7.53. The molecule has 98 valence electrons. The number of aliphatic hydroxyl groups is 2. The molecule has 1 aromatic carbocycles. The van der Waals surface area contributed by atoms with Gasteiger partial charge in [0.05, 0.1) is 29.9 Å². The quantitative estimate of drug-likeness (QED) is 0.847. The van der Waals surface area contributed by atoms with Crippen LogP contribution in [0.5, 0.6) is 0 Å². The van der Waals surface area contributed by atoms with E-state index < -0.39 is 12.2 Å². The highest BCUT2D eigenvalue weighted by molar-refractivity contribution is 5.86. The van der Waals surface area contributed by atoms with Crippen molar-refractivity contribution in [2.24, 2.45) is 0 Å². The zero-order valence-corrected chi connectivity index (χ0v) is 10.2. The van der Waals surface area contributed by atoms with Crippen LogP contribution in [-0.4, -0.2) is 33.6 Å². The Hall–Kier alpha value is -1.87. The average Bonchev–Trinajstić information content (AvgIpc) is 3.01. The fourth-order valence-corrected chi connectivity index (χ4v) is 2.59. The Bertz CT molecular complexity index is 644. The molecular formula is C14H14N2O3. The van der Waals surface area contributed by atoms with Gasteiger partial charge in [-0.05, 0) is 18.2 Å². The molecule has 0 aliphatic carbocycles. The van der Waals surface area contributed by atoms with Crippen LogP contribution in [0.15, 0.2) is 30.5 Å². The van der Waals surface area contributed by atoms with Crippen LogP contribution in [0.25, 0.3) is 10.9 Å². The number of ether oxygens (including phenoxy) is 1. The van der Waals surface area contributed by atoms with Crippen molar-refractivity contribution >= 4 is 10.9 Å². The van der Waals surface area contributed by atoms with Gasteiger partial charge in [0.25, 0.3) is 0 Å². The lowest BCUT2D eigenvalue weighted by Crippen LogP contribution is -2.24. The second-order valence-electron chi connectivity index (χ2n) is 4.69. The van der Waals surface area contributed by atoms with Crippen molar-refractivity contribution in [3.05, 3.63) is 36.0 Å². The van der Waals surface area contributed by atoms with Crippen molar-refractivity contribution in [1.29, 1.82) is 5.26 Å². The van der Waals surface area contributed by atoms with E-state index in [1.165, 1.54) is 0 Å². The van der Waals surface area contributed by atoms with E-state index in [0.717, 1.165) is 10.9 Å². The van der Waals surface area contributed by atoms with Gasteiger partial charge < -0.3 is 19.5 Å². The van der Waals surface area contributed by atoms with Gasteiger partial charge in [-0.25, -0.2) is 0 Å². The van der Waals surface area contributed by atoms with Gasteiger partial charge in [0.15, 0.2) is 0 Å². The minimum absolute atomic E-state index is 0.194. The molecule has 1 saturated heterocycles. The van der Waals surface area contributed by atoms with Gasteiger partial charge >= 0.3 is 0 Å². The number of nitriles is 1. The largest absolute Gasteiger partial charge is 0.394 e. The highest BCUT2D eigenvalue weighted by Crippen LogP contribution is 2.32. The SMILES string of the molecule is N#Cc1cccc2c1ccn2[C@H]1C[C@H](O)[C@@H](CO)O1. The van der Waals surface area contributed by atoms with E-state index in [9.17, 15) is 5.11 Å². The molecule has 0 spiro atoms. The molecule has 0 saturated carbocycles. The topological polar surface area (TPSA) is 78.4 Å². The summed E-state index contributed by atoms with van der Waals surface area (Å²) in [4.78, 5) is 0. The van der Waals surface area contributed by atoms with Crippen LogP contribution < -0.4 is 0 Å². The number of hydrogen-bond donors (Lipinski definition) is 2. The third-order valence-corrected chi connectivity index (χ3v) is 3.58. The molecule has 3 atom stereocenters. The van der Waals surface area contributed by atoms with E-state index in [-0.39, 0.29) is 12.8 Å². The summed E-state index contributed by atoms with van der Waals surface area (Å²) in [5, 5.41) is 28.8. The van der Waals surface area contributed by atoms with E-state index in [2.05, 4.69) is 6.07 Å².